The summed E-state index contributed by atoms with van der Waals surface area (Å²) in [6, 6.07) is 1.24. The number of aromatic nitrogens is 2. The van der Waals surface area contributed by atoms with E-state index in [0.29, 0.717) is 4.73 Å². The first kappa shape index (κ1) is 8.61. The number of fused-ring (bicyclic) bond motifs is 2. The van der Waals surface area contributed by atoms with Gasteiger partial charge < -0.3 is 5.21 Å². The van der Waals surface area contributed by atoms with E-state index in [1.54, 1.807) is 6.92 Å². The molecule has 2 heterocycles. The van der Waals surface area contributed by atoms with Gasteiger partial charge >= 0.3 is 17.6 Å². The number of anilines is 1. The molecular formula is C8H7N3O3. The highest BCUT2D eigenvalue weighted by Gasteiger charge is 2.39. The van der Waals surface area contributed by atoms with Crippen molar-refractivity contribution in [1.29, 1.82) is 0 Å². The molecule has 2 bridgehead atoms. The Labute approximate surface area is 79.4 Å². The minimum atomic E-state index is -0.697. The van der Waals surface area contributed by atoms with E-state index in [4.69, 9.17) is 0 Å². The number of ketones is 1. The van der Waals surface area contributed by atoms with Crippen molar-refractivity contribution in [2.45, 2.75) is 6.92 Å². The molecule has 1 aromatic rings. The summed E-state index contributed by atoms with van der Waals surface area (Å²) in [5, 5.41) is 11.2. The second-order valence-corrected chi connectivity index (χ2v) is 2.82. The van der Waals surface area contributed by atoms with Gasteiger partial charge in [-0.1, -0.05) is 4.98 Å². The molecule has 1 amide bonds. The smallest absolute Gasteiger partial charge is 0.402 e. The molecule has 2 rings (SSSR count). The summed E-state index contributed by atoms with van der Waals surface area (Å²) in [6.45, 7) is 1.92. The quantitative estimate of drug-likeness (QED) is 0.334. The van der Waals surface area contributed by atoms with Gasteiger partial charge in [0.2, 0.25) is 0 Å². The Hall–Kier alpha value is -1.98. The van der Waals surface area contributed by atoms with E-state index in [2.05, 4.69) is 4.98 Å². The van der Waals surface area contributed by atoms with Gasteiger partial charge in [0.25, 0.3) is 0 Å². The van der Waals surface area contributed by atoms with Crippen LogP contribution in [0.25, 0.3) is 0 Å². The predicted molar refractivity (Wildman–Crippen MR) is 45.6 cm³/mol. The molecular weight excluding hydrogens is 186 g/mol. The Balaban J connectivity index is 2.65. The van der Waals surface area contributed by atoms with Crippen LogP contribution in [0, 0.1) is 5.21 Å². The van der Waals surface area contributed by atoms with Gasteiger partial charge in [-0.2, -0.15) is 4.90 Å². The van der Waals surface area contributed by atoms with Crippen molar-refractivity contribution in [2.75, 3.05) is 11.4 Å². The normalized spacial score (nSPS) is 14.8. The average molecular weight is 193 g/mol. The number of rotatable bonds is 1. The minimum Gasteiger partial charge on any atom is -0.740 e. The lowest BCUT2D eigenvalue weighted by atomic mass is 10.2. The van der Waals surface area contributed by atoms with Gasteiger partial charge in [0.05, 0.1) is 12.7 Å². The van der Waals surface area contributed by atoms with Crippen LogP contribution in [0.15, 0.2) is 12.3 Å². The fourth-order valence-electron chi connectivity index (χ4n) is 1.31. The van der Waals surface area contributed by atoms with Crippen LogP contribution in [0.3, 0.4) is 0 Å². The minimum absolute atomic E-state index is 0.0294. The Kier molecular flexibility index (Phi) is 1.70. The zero-order chi connectivity index (χ0) is 10.3. The van der Waals surface area contributed by atoms with Crippen LogP contribution in [0.4, 0.5) is 5.95 Å². The molecule has 0 aromatic carbocycles. The predicted octanol–water partition coefficient (Wildman–Crippen LogP) is -0.736. The van der Waals surface area contributed by atoms with Crippen molar-refractivity contribution in [1.82, 2.24) is 4.98 Å². The van der Waals surface area contributed by atoms with Gasteiger partial charge in [0, 0.05) is 6.07 Å². The van der Waals surface area contributed by atoms with Crippen molar-refractivity contribution < 1.29 is 14.3 Å². The Morgan fingerprint density at radius 3 is 2.93 bits per heavy atom. The van der Waals surface area contributed by atoms with E-state index in [1.165, 1.54) is 12.3 Å². The van der Waals surface area contributed by atoms with Crippen LogP contribution in [0.2, 0.25) is 0 Å². The highest BCUT2D eigenvalue weighted by Crippen LogP contribution is 2.13. The highest BCUT2D eigenvalue weighted by molar-refractivity contribution is 6.47. The second-order valence-electron chi connectivity index (χ2n) is 2.82. The van der Waals surface area contributed by atoms with E-state index < -0.39 is 11.7 Å². The highest BCUT2D eigenvalue weighted by atomic mass is 16.5. The number of likely N-dealkylation sites (N-methyl/N-ethyl adjacent to an activating group) is 1. The van der Waals surface area contributed by atoms with E-state index in [0.717, 1.165) is 4.90 Å². The Morgan fingerprint density at radius 2 is 2.29 bits per heavy atom. The fourth-order valence-corrected chi connectivity index (χ4v) is 1.31. The third kappa shape index (κ3) is 0.968. The lowest BCUT2D eigenvalue weighted by Gasteiger charge is -2.19. The number of Topliss-reactive ketones (excluding diaryl/α,β-unsaturated/α-hetero) is 1. The largest absolute Gasteiger partial charge is 0.740 e. The molecule has 0 N–H and O–H groups in total. The monoisotopic (exact) mass is 193 g/mol. The molecule has 0 atom stereocenters. The molecule has 0 aliphatic carbocycles. The van der Waals surface area contributed by atoms with Crippen LogP contribution >= 0.6 is 0 Å². The maximum absolute atomic E-state index is 11.4. The lowest BCUT2D eigenvalue weighted by molar-refractivity contribution is -0.594. The summed E-state index contributed by atoms with van der Waals surface area (Å²) in [4.78, 5) is 27.5. The molecule has 72 valence electrons. The molecule has 0 unspecified atom stereocenters. The van der Waals surface area contributed by atoms with Crippen LogP contribution in [-0.4, -0.2) is 23.2 Å². The third-order valence-electron chi connectivity index (χ3n) is 2.02. The number of hydrogen-bond donors (Lipinski definition) is 0. The summed E-state index contributed by atoms with van der Waals surface area (Å²) in [7, 11) is 0. The molecule has 14 heavy (non-hydrogen) atoms. The molecule has 0 fully saturated rings. The zero-order valence-corrected chi connectivity index (χ0v) is 7.43. The first-order chi connectivity index (χ1) is 6.65. The van der Waals surface area contributed by atoms with Crippen molar-refractivity contribution >= 4 is 17.6 Å². The van der Waals surface area contributed by atoms with Crippen LogP contribution in [0.5, 0.6) is 0 Å². The summed E-state index contributed by atoms with van der Waals surface area (Å²) < 4.78 is 0.470. The molecule has 0 saturated carbocycles. The number of hydrogen-bond acceptors (Lipinski definition) is 4. The maximum atomic E-state index is 11.4. The maximum Gasteiger partial charge on any atom is 0.402 e. The van der Waals surface area contributed by atoms with Gasteiger partial charge in [-0.3, -0.25) is 4.79 Å². The molecule has 1 aliphatic heterocycles. The lowest BCUT2D eigenvalue weighted by Crippen LogP contribution is -2.49. The van der Waals surface area contributed by atoms with Gasteiger partial charge in [-0.25, -0.2) is 9.52 Å². The average Bonchev–Trinajstić information content (AvgIpc) is 2.19. The Bertz CT molecular complexity index is 430. The molecule has 1 aromatic heterocycles. The molecule has 6 nitrogen and oxygen atoms in total. The van der Waals surface area contributed by atoms with Crippen molar-refractivity contribution in [3.63, 3.8) is 0 Å². The van der Waals surface area contributed by atoms with Crippen molar-refractivity contribution in [3.8, 4) is 0 Å². The van der Waals surface area contributed by atoms with Crippen LogP contribution < -0.4 is 9.63 Å². The third-order valence-corrected chi connectivity index (χ3v) is 2.02. The molecule has 0 radical (unpaired) electrons. The summed E-state index contributed by atoms with van der Waals surface area (Å²) in [5.74, 6) is -1.40. The zero-order valence-electron chi connectivity index (χ0n) is 7.43. The number of carbonyl (C=O) groups excluding carboxylic acids is 2. The number of nitrogens with zero attached hydrogens (tertiary/aromatic N) is 3. The van der Waals surface area contributed by atoms with Crippen molar-refractivity contribution in [2.24, 2.45) is 0 Å². The first-order valence-electron chi connectivity index (χ1n) is 4.11. The molecule has 6 heteroatoms. The number of amides is 1. The van der Waals surface area contributed by atoms with Crippen LogP contribution in [-0.2, 0) is 4.79 Å². The second kappa shape index (κ2) is 2.76. The molecule has 0 spiro atoms. The van der Waals surface area contributed by atoms with Crippen molar-refractivity contribution in [3.05, 3.63) is 23.2 Å². The standard InChI is InChI=1S/C8H7N3O3/c1-2-10-7(13)6(12)5-3-4-11(14)8(10)9-5/h3-4H,2H2,1H3. The van der Waals surface area contributed by atoms with Gasteiger partial charge in [-0.05, 0) is 6.92 Å². The van der Waals surface area contributed by atoms with Gasteiger partial charge in [0.1, 0.15) is 0 Å². The van der Waals surface area contributed by atoms with E-state index in [9.17, 15) is 14.8 Å². The van der Waals surface area contributed by atoms with E-state index in [-0.39, 0.29) is 18.2 Å². The SMILES string of the molecule is CCN1C(=O)C(=O)c2cc[n+]([O-])c1n2. The number of carbonyl (C=O) groups is 2. The van der Waals surface area contributed by atoms with Crippen LogP contribution in [0.1, 0.15) is 17.4 Å². The summed E-state index contributed by atoms with van der Waals surface area (Å²) in [6.07, 6.45) is 1.17. The fraction of sp³-hybridized carbons (Fsp3) is 0.250. The van der Waals surface area contributed by atoms with Gasteiger partial charge in [-0.15, -0.1) is 0 Å². The summed E-state index contributed by atoms with van der Waals surface area (Å²) >= 11 is 0. The Morgan fingerprint density at radius 1 is 1.57 bits per heavy atom. The summed E-state index contributed by atoms with van der Waals surface area (Å²) in [5.41, 5.74) is 0.0294. The van der Waals surface area contributed by atoms with Gasteiger partial charge in [0.15, 0.2) is 5.69 Å². The topological polar surface area (TPSA) is 77.2 Å². The molecule has 0 saturated heterocycles. The van der Waals surface area contributed by atoms with E-state index in [1.807, 2.05) is 0 Å². The molecule has 1 aliphatic rings. The van der Waals surface area contributed by atoms with E-state index >= 15 is 0 Å². The first-order valence-corrected chi connectivity index (χ1v) is 4.11.